The average molecular weight is 356 g/mol. The van der Waals surface area contributed by atoms with Crippen molar-refractivity contribution in [2.75, 3.05) is 6.54 Å². The molecule has 0 saturated carbocycles. The Balaban J connectivity index is 2.90. The minimum atomic E-state index is -4.60. The van der Waals surface area contributed by atoms with Crippen molar-refractivity contribution in [1.29, 1.82) is 0 Å². The number of rotatable bonds is 4. The molecule has 3 N–H and O–H groups in total. The highest BCUT2D eigenvalue weighted by molar-refractivity contribution is 9.10. The minimum Gasteiger partial charge on any atom is -0.479 e. The summed E-state index contributed by atoms with van der Waals surface area (Å²) in [5.41, 5.74) is -1.32. The van der Waals surface area contributed by atoms with Gasteiger partial charge in [-0.05, 0) is 34.1 Å². The molecule has 1 atom stereocenters. The van der Waals surface area contributed by atoms with Gasteiger partial charge in [0.1, 0.15) is 0 Å². The number of amides is 1. The van der Waals surface area contributed by atoms with Crippen molar-refractivity contribution in [3.05, 3.63) is 33.8 Å². The maximum absolute atomic E-state index is 12.5. The molecule has 0 unspecified atom stereocenters. The largest absolute Gasteiger partial charge is 0.479 e. The van der Waals surface area contributed by atoms with Gasteiger partial charge < -0.3 is 15.5 Å². The summed E-state index contributed by atoms with van der Waals surface area (Å²) in [6.45, 7) is -0.614. The Morgan fingerprint density at radius 1 is 1.35 bits per heavy atom. The highest BCUT2D eigenvalue weighted by Crippen LogP contribution is 2.31. The summed E-state index contributed by atoms with van der Waals surface area (Å²) >= 11 is 2.93. The van der Waals surface area contributed by atoms with E-state index in [0.717, 1.165) is 12.1 Å². The third-order valence-corrected chi connectivity index (χ3v) is 2.97. The topological polar surface area (TPSA) is 86.6 Å². The SMILES string of the molecule is O=C(NC[C@H](O)C(=O)O)c1cc(C(F)(F)F)ccc1Br. The van der Waals surface area contributed by atoms with Gasteiger partial charge in [0.15, 0.2) is 6.10 Å². The van der Waals surface area contributed by atoms with E-state index in [1.54, 1.807) is 0 Å². The Morgan fingerprint density at radius 3 is 2.45 bits per heavy atom. The molecular formula is C11H9BrF3NO4. The Labute approximate surface area is 119 Å². The van der Waals surface area contributed by atoms with Crippen molar-refractivity contribution in [3.63, 3.8) is 0 Å². The summed E-state index contributed by atoms with van der Waals surface area (Å²) in [7, 11) is 0. The maximum Gasteiger partial charge on any atom is 0.416 e. The number of aliphatic hydroxyl groups excluding tert-OH is 1. The number of halogens is 4. The van der Waals surface area contributed by atoms with Crippen LogP contribution in [0.25, 0.3) is 0 Å². The van der Waals surface area contributed by atoms with Crippen LogP contribution in [0.4, 0.5) is 13.2 Å². The van der Waals surface area contributed by atoms with E-state index in [1.165, 1.54) is 0 Å². The summed E-state index contributed by atoms with van der Waals surface area (Å²) in [5, 5.41) is 19.4. The van der Waals surface area contributed by atoms with Crippen molar-refractivity contribution in [3.8, 4) is 0 Å². The van der Waals surface area contributed by atoms with Gasteiger partial charge in [-0.1, -0.05) is 0 Å². The number of carboxylic acids is 1. The molecular weight excluding hydrogens is 347 g/mol. The smallest absolute Gasteiger partial charge is 0.416 e. The van der Waals surface area contributed by atoms with Crippen LogP contribution in [0.3, 0.4) is 0 Å². The Hall–Kier alpha value is -1.61. The molecule has 0 aromatic heterocycles. The van der Waals surface area contributed by atoms with Crippen LogP contribution in [-0.2, 0) is 11.0 Å². The third-order valence-electron chi connectivity index (χ3n) is 2.28. The first-order valence-corrected chi connectivity index (χ1v) is 5.98. The Morgan fingerprint density at radius 2 is 1.95 bits per heavy atom. The summed E-state index contributed by atoms with van der Waals surface area (Å²) in [4.78, 5) is 22.0. The summed E-state index contributed by atoms with van der Waals surface area (Å²) < 4.78 is 37.7. The molecule has 0 aliphatic rings. The fourth-order valence-electron chi connectivity index (χ4n) is 1.25. The standard InChI is InChI=1S/C11H9BrF3NO4/c12-7-2-1-5(11(13,14)15)3-6(7)9(18)16-4-8(17)10(19)20/h1-3,8,17H,4H2,(H,16,18)(H,19,20)/t8-/m0/s1. The number of alkyl halides is 3. The van der Waals surface area contributed by atoms with Crippen molar-refractivity contribution < 1.29 is 33.0 Å². The molecule has 110 valence electrons. The quantitative estimate of drug-likeness (QED) is 0.766. The van der Waals surface area contributed by atoms with Gasteiger partial charge in [0.2, 0.25) is 0 Å². The molecule has 0 fully saturated rings. The molecule has 1 rings (SSSR count). The van der Waals surface area contributed by atoms with Crippen molar-refractivity contribution in [2.45, 2.75) is 12.3 Å². The van der Waals surface area contributed by atoms with Crippen LogP contribution >= 0.6 is 15.9 Å². The molecule has 0 aliphatic heterocycles. The van der Waals surface area contributed by atoms with Gasteiger partial charge in [-0.2, -0.15) is 13.2 Å². The van der Waals surface area contributed by atoms with Crippen LogP contribution < -0.4 is 5.32 Å². The highest BCUT2D eigenvalue weighted by atomic mass is 79.9. The van der Waals surface area contributed by atoms with Crippen LogP contribution in [0, 0.1) is 0 Å². The zero-order chi connectivity index (χ0) is 15.5. The maximum atomic E-state index is 12.5. The fourth-order valence-corrected chi connectivity index (χ4v) is 1.67. The third kappa shape index (κ3) is 4.20. The van der Waals surface area contributed by atoms with E-state index < -0.39 is 36.3 Å². The molecule has 0 spiro atoms. The van der Waals surface area contributed by atoms with Crippen LogP contribution in [0.5, 0.6) is 0 Å². The van der Waals surface area contributed by atoms with Crippen LogP contribution in [0.1, 0.15) is 15.9 Å². The van der Waals surface area contributed by atoms with Crippen LogP contribution in [-0.4, -0.2) is 34.7 Å². The predicted octanol–water partition coefficient (Wildman–Crippen LogP) is 1.64. The first-order valence-electron chi connectivity index (χ1n) is 5.18. The van der Waals surface area contributed by atoms with Gasteiger partial charge >= 0.3 is 12.1 Å². The van der Waals surface area contributed by atoms with Gasteiger partial charge in [0.25, 0.3) is 5.91 Å². The van der Waals surface area contributed by atoms with E-state index in [-0.39, 0.29) is 10.0 Å². The highest BCUT2D eigenvalue weighted by Gasteiger charge is 2.31. The second-order valence-electron chi connectivity index (χ2n) is 3.76. The predicted molar refractivity (Wildman–Crippen MR) is 65.1 cm³/mol. The van der Waals surface area contributed by atoms with Gasteiger partial charge in [-0.25, -0.2) is 4.79 Å². The fraction of sp³-hybridized carbons (Fsp3) is 0.273. The lowest BCUT2D eigenvalue weighted by atomic mass is 10.1. The van der Waals surface area contributed by atoms with Crippen molar-refractivity contribution in [2.24, 2.45) is 0 Å². The minimum absolute atomic E-state index is 0.118. The van der Waals surface area contributed by atoms with Gasteiger partial charge in [-0.15, -0.1) is 0 Å². The summed E-state index contributed by atoms with van der Waals surface area (Å²) in [6, 6.07) is 2.49. The molecule has 0 radical (unpaired) electrons. The lowest BCUT2D eigenvalue weighted by molar-refractivity contribution is -0.146. The molecule has 9 heteroatoms. The molecule has 0 bridgehead atoms. The van der Waals surface area contributed by atoms with Crippen molar-refractivity contribution >= 4 is 27.8 Å². The van der Waals surface area contributed by atoms with Crippen LogP contribution in [0.2, 0.25) is 0 Å². The lowest BCUT2D eigenvalue weighted by Gasteiger charge is -2.12. The molecule has 5 nitrogen and oxygen atoms in total. The number of aliphatic carboxylic acids is 1. The zero-order valence-electron chi connectivity index (χ0n) is 9.74. The van der Waals surface area contributed by atoms with E-state index >= 15 is 0 Å². The van der Waals surface area contributed by atoms with Gasteiger partial charge in [-0.3, -0.25) is 4.79 Å². The number of aliphatic hydroxyl groups is 1. The number of benzene rings is 1. The van der Waals surface area contributed by atoms with E-state index in [9.17, 15) is 22.8 Å². The average Bonchev–Trinajstić information content (AvgIpc) is 2.34. The molecule has 20 heavy (non-hydrogen) atoms. The number of hydrogen-bond donors (Lipinski definition) is 3. The monoisotopic (exact) mass is 355 g/mol. The van der Waals surface area contributed by atoms with Crippen molar-refractivity contribution in [1.82, 2.24) is 5.32 Å². The number of carboxylic acid groups (broad SMARTS) is 1. The Bertz CT molecular complexity index is 533. The Kier molecular flexibility index (Phi) is 5.12. The first kappa shape index (κ1) is 16.4. The zero-order valence-corrected chi connectivity index (χ0v) is 11.3. The lowest BCUT2D eigenvalue weighted by Crippen LogP contribution is -2.36. The van der Waals surface area contributed by atoms with E-state index in [1.807, 2.05) is 5.32 Å². The first-order chi connectivity index (χ1) is 9.12. The number of nitrogens with one attached hydrogen (secondary N) is 1. The molecule has 0 aliphatic carbocycles. The summed E-state index contributed by atoms with van der Waals surface area (Å²) in [6.07, 6.45) is -6.43. The van der Waals surface area contributed by atoms with Gasteiger partial charge in [0.05, 0.1) is 17.7 Å². The molecule has 1 aromatic carbocycles. The molecule has 1 amide bonds. The molecule has 0 saturated heterocycles. The number of carbonyl (C=O) groups excluding carboxylic acids is 1. The summed E-state index contributed by atoms with van der Waals surface area (Å²) in [5.74, 6) is -2.48. The second-order valence-corrected chi connectivity index (χ2v) is 4.61. The second kappa shape index (κ2) is 6.23. The van der Waals surface area contributed by atoms with E-state index in [4.69, 9.17) is 10.2 Å². The van der Waals surface area contributed by atoms with Gasteiger partial charge in [0, 0.05) is 4.47 Å². The van der Waals surface area contributed by atoms with E-state index in [2.05, 4.69) is 15.9 Å². The normalized spacial score (nSPS) is 12.8. The number of carbonyl (C=O) groups is 2. The molecule has 1 aromatic rings. The van der Waals surface area contributed by atoms with E-state index in [0.29, 0.717) is 6.07 Å². The molecule has 0 heterocycles. The van der Waals surface area contributed by atoms with Crippen LogP contribution in [0.15, 0.2) is 22.7 Å². The number of hydrogen-bond acceptors (Lipinski definition) is 3.